The Morgan fingerprint density at radius 1 is 1.25 bits per heavy atom. The second-order valence-electron chi connectivity index (χ2n) is 5.40. The molecule has 0 fully saturated rings. The maximum absolute atomic E-state index is 10.0. The Hall–Kier alpha value is -0.940. The predicted molar refractivity (Wildman–Crippen MR) is 82.7 cm³/mol. The Bertz CT molecular complexity index is 344. The van der Waals surface area contributed by atoms with Crippen LogP contribution in [-0.2, 0) is 11.2 Å². The van der Waals surface area contributed by atoms with Crippen LogP contribution in [-0.4, -0.2) is 43.1 Å². The summed E-state index contributed by atoms with van der Waals surface area (Å²) in [6.45, 7) is 6.16. The zero-order chi connectivity index (χ0) is 14.8. The highest BCUT2D eigenvalue weighted by molar-refractivity contribution is 5.16. The highest BCUT2D eigenvalue weighted by Crippen LogP contribution is 2.04. The summed E-state index contributed by atoms with van der Waals surface area (Å²) in [5, 5.41) is 13.2. The standard InChI is InChI=1S/C16H28N2O2/c1-13(2)20-10-6-9-18-12-16(19)15(17)11-14-7-4-3-5-8-14/h3-5,7-8,13,15-16,18-19H,6,9-12,17H2,1-2H3. The molecule has 0 bridgehead atoms. The highest BCUT2D eigenvalue weighted by Gasteiger charge is 2.14. The van der Waals surface area contributed by atoms with Gasteiger partial charge in [-0.05, 0) is 38.8 Å². The molecule has 0 amide bonds. The van der Waals surface area contributed by atoms with E-state index < -0.39 is 6.10 Å². The molecule has 0 aliphatic heterocycles. The lowest BCUT2D eigenvalue weighted by Gasteiger charge is -2.19. The maximum Gasteiger partial charge on any atom is 0.0818 e. The van der Waals surface area contributed by atoms with Crippen molar-refractivity contribution >= 4 is 0 Å². The second kappa shape index (κ2) is 9.88. The summed E-state index contributed by atoms with van der Waals surface area (Å²) in [4.78, 5) is 0. The van der Waals surface area contributed by atoms with Gasteiger partial charge in [0.1, 0.15) is 0 Å². The van der Waals surface area contributed by atoms with Crippen LogP contribution in [0.4, 0.5) is 0 Å². The van der Waals surface area contributed by atoms with E-state index in [0.29, 0.717) is 13.0 Å². The van der Waals surface area contributed by atoms with E-state index >= 15 is 0 Å². The van der Waals surface area contributed by atoms with Crippen molar-refractivity contribution < 1.29 is 9.84 Å². The van der Waals surface area contributed by atoms with Crippen LogP contribution in [0.3, 0.4) is 0 Å². The third kappa shape index (κ3) is 7.60. The van der Waals surface area contributed by atoms with E-state index in [4.69, 9.17) is 10.5 Å². The summed E-state index contributed by atoms with van der Waals surface area (Å²) in [5.41, 5.74) is 7.17. The summed E-state index contributed by atoms with van der Waals surface area (Å²) in [6.07, 6.45) is 1.39. The molecule has 1 rings (SSSR count). The first-order valence-corrected chi connectivity index (χ1v) is 7.39. The smallest absolute Gasteiger partial charge is 0.0818 e. The Morgan fingerprint density at radius 2 is 1.95 bits per heavy atom. The quantitative estimate of drug-likeness (QED) is 0.566. The fourth-order valence-corrected chi connectivity index (χ4v) is 1.94. The Morgan fingerprint density at radius 3 is 2.60 bits per heavy atom. The number of nitrogens with one attached hydrogen (secondary N) is 1. The zero-order valence-electron chi connectivity index (χ0n) is 12.6. The number of nitrogens with two attached hydrogens (primary N) is 1. The molecule has 2 atom stereocenters. The van der Waals surface area contributed by atoms with Gasteiger partial charge >= 0.3 is 0 Å². The molecule has 0 heterocycles. The molecule has 20 heavy (non-hydrogen) atoms. The van der Waals surface area contributed by atoms with Gasteiger partial charge in [-0.3, -0.25) is 0 Å². The number of aliphatic hydroxyl groups is 1. The van der Waals surface area contributed by atoms with Crippen LogP contribution in [0.25, 0.3) is 0 Å². The molecule has 114 valence electrons. The average Bonchev–Trinajstić information content (AvgIpc) is 2.43. The Labute approximate surface area is 122 Å². The van der Waals surface area contributed by atoms with Crippen molar-refractivity contribution in [3.05, 3.63) is 35.9 Å². The monoisotopic (exact) mass is 280 g/mol. The first-order valence-electron chi connectivity index (χ1n) is 7.39. The topological polar surface area (TPSA) is 67.5 Å². The van der Waals surface area contributed by atoms with Crippen molar-refractivity contribution in [2.75, 3.05) is 19.7 Å². The van der Waals surface area contributed by atoms with Gasteiger partial charge < -0.3 is 20.9 Å². The summed E-state index contributed by atoms with van der Waals surface area (Å²) in [6, 6.07) is 9.78. The summed E-state index contributed by atoms with van der Waals surface area (Å²) < 4.78 is 5.45. The molecule has 0 aromatic heterocycles. The molecule has 0 aliphatic rings. The zero-order valence-corrected chi connectivity index (χ0v) is 12.6. The molecule has 1 aromatic rings. The fraction of sp³-hybridized carbons (Fsp3) is 0.625. The number of rotatable bonds is 10. The van der Waals surface area contributed by atoms with Gasteiger partial charge in [-0.1, -0.05) is 30.3 Å². The third-order valence-corrected chi connectivity index (χ3v) is 3.11. The lowest BCUT2D eigenvalue weighted by Crippen LogP contribution is -2.43. The van der Waals surface area contributed by atoms with Gasteiger partial charge in [-0.2, -0.15) is 0 Å². The Kier molecular flexibility index (Phi) is 8.46. The fourth-order valence-electron chi connectivity index (χ4n) is 1.94. The molecular weight excluding hydrogens is 252 g/mol. The molecule has 0 radical (unpaired) electrons. The Balaban J connectivity index is 2.11. The van der Waals surface area contributed by atoms with Gasteiger partial charge in [0.05, 0.1) is 12.2 Å². The summed E-state index contributed by atoms with van der Waals surface area (Å²) >= 11 is 0. The number of ether oxygens (including phenoxy) is 1. The van der Waals surface area contributed by atoms with E-state index in [1.54, 1.807) is 0 Å². The molecule has 0 saturated carbocycles. The second-order valence-corrected chi connectivity index (χ2v) is 5.40. The van der Waals surface area contributed by atoms with E-state index in [0.717, 1.165) is 25.1 Å². The van der Waals surface area contributed by atoms with Crippen LogP contribution < -0.4 is 11.1 Å². The largest absolute Gasteiger partial charge is 0.390 e. The van der Waals surface area contributed by atoms with Crippen LogP contribution in [0, 0.1) is 0 Å². The van der Waals surface area contributed by atoms with Crippen molar-refractivity contribution in [2.45, 2.75) is 44.9 Å². The van der Waals surface area contributed by atoms with Gasteiger partial charge in [0, 0.05) is 19.2 Å². The molecule has 4 N–H and O–H groups in total. The first-order chi connectivity index (χ1) is 9.59. The average molecular weight is 280 g/mol. The van der Waals surface area contributed by atoms with E-state index in [-0.39, 0.29) is 12.1 Å². The van der Waals surface area contributed by atoms with E-state index in [9.17, 15) is 5.11 Å². The molecule has 4 heteroatoms. The van der Waals surface area contributed by atoms with Crippen molar-refractivity contribution in [1.29, 1.82) is 0 Å². The van der Waals surface area contributed by atoms with Gasteiger partial charge in [0.25, 0.3) is 0 Å². The third-order valence-electron chi connectivity index (χ3n) is 3.11. The molecular formula is C16H28N2O2. The van der Waals surface area contributed by atoms with Crippen LogP contribution in [0.2, 0.25) is 0 Å². The van der Waals surface area contributed by atoms with Gasteiger partial charge in [0.15, 0.2) is 0 Å². The lowest BCUT2D eigenvalue weighted by atomic mass is 10.0. The van der Waals surface area contributed by atoms with Crippen LogP contribution in [0.1, 0.15) is 25.8 Å². The minimum atomic E-state index is -0.527. The molecule has 4 nitrogen and oxygen atoms in total. The molecule has 0 spiro atoms. The minimum Gasteiger partial charge on any atom is -0.390 e. The molecule has 0 aliphatic carbocycles. The number of benzene rings is 1. The number of aliphatic hydroxyl groups excluding tert-OH is 1. The van der Waals surface area contributed by atoms with Crippen LogP contribution >= 0.6 is 0 Å². The van der Waals surface area contributed by atoms with Gasteiger partial charge in [-0.25, -0.2) is 0 Å². The van der Waals surface area contributed by atoms with Crippen molar-refractivity contribution in [3.63, 3.8) is 0 Å². The normalized spacial score (nSPS) is 14.4. The van der Waals surface area contributed by atoms with Crippen molar-refractivity contribution in [3.8, 4) is 0 Å². The van der Waals surface area contributed by atoms with Gasteiger partial charge in [0.2, 0.25) is 0 Å². The van der Waals surface area contributed by atoms with Crippen LogP contribution in [0.5, 0.6) is 0 Å². The molecule has 0 saturated heterocycles. The maximum atomic E-state index is 10.0. The highest BCUT2D eigenvalue weighted by atomic mass is 16.5. The molecule has 2 unspecified atom stereocenters. The van der Waals surface area contributed by atoms with Crippen LogP contribution in [0.15, 0.2) is 30.3 Å². The van der Waals surface area contributed by atoms with Gasteiger partial charge in [-0.15, -0.1) is 0 Å². The lowest BCUT2D eigenvalue weighted by molar-refractivity contribution is 0.0759. The number of hydrogen-bond donors (Lipinski definition) is 3. The van der Waals surface area contributed by atoms with Crippen molar-refractivity contribution in [1.82, 2.24) is 5.32 Å². The predicted octanol–water partition coefficient (Wildman–Crippen LogP) is 1.32. The van der Waals surface area contributed by atoms with E-state index in [1.807, 2.05) is 44.2 Å². The minimum absolute atomic E-state index is 0.239. The van der Waals surface area contributed by atoms with E-state index in [1.165, 1.54) is 0 Å². The van der Waals surface area contributed by atoms with E-state index in [2.05, 4.69) is 5.32 Å². The summed E-state index contributed by atoms with van der Waals surface area (Å²) in [7, 11) is 0. The first kappa shape index (κ1) is 17.1. The number of hydrogen-bond acceptors (Lipinski definition) is 4. The SMILES string of the molecule is CC(C)OCCCNCC(O)C(N)Cc1ccccc1. The van der Waals surface area contributed by atoms with Crippen molar-refractivity contribution in [2.24, 2.45) is 5.73 Å². The molecule has 1 aromatic carbocycles. The summed E-state index contributed by atoms with van der Waals surface area (Å²) in [5.74, 6) is 0.